The number of H-pyrrole nitrogens is 1. The number of imidazole rings is 1. The smallest absolute Gasteiger partial charge is 0.265 e. The Hall–Kier alpha value is -2.90. The van der Waals surface area contributed by atoms with E-state index in [1.165, 1.54) is 0 Å². The number of amides is 1. The molecule has 0 saturated carbocycles. The molecule has 124 valence electrons. The van der Waals surface area contributed by atoms with Gasteiger partial charge in [-0.3, -0.25) is 4.79 Å². The highest BCUT2D eigenvalue weighted by Crippen LogP contribution is 2.33. The van der Waals surface area contributed by atoms with Gasteiger partial charge in [0.2, 0.25) is 0 Å². The lowest BCUT2D eigenvalue weighted by molar-refractivity contribution is 0.0710. The summed E-state index contributed by atoms with van der Waals surface area (Å²) in [6.07, 6.45) is 3.37. The fourth-order valence-electron chi connectivity index (χ4n) is 3.04. The highest BCUT2D eigenvalue weighted by Gasteiger charge is 2.34. The molecule has 1 atom stereocenters. The van der Waals surface area contributed by atoms with Gasteiger partial charge in [-0.25, -0.2) is 4.98 Å². The van der Waals surface area contributed by atoms with Crippen LogP contribution in [0.15, 0.2) is 29.0 Å². The Labute approximate surface area is 138 Å². The second kappa shape index (κ2) is 5.63. The summed E-state index contributed by atoms with van der Waals surface area (Å²) in [7, 11) is 3.71. The first-order chi connectivity index (χ1) is 11.6. The Bertz CT molecular complexity index is 883. The minimum atomic E-state index is -0.170. The van der Waals surface area contributed by atoms with E-state index in [9.17, 15) is 4.79 Å². The third-order valence-corrected chi connectivity index (χ3v) is 4.30. The molecule has 24 heavy (non-hydrogen) atoms. The Kier molecular flexibility index (Phi) is 3.44. The van der Waals surface area contributed by atoms with E-state index in [2.05, 4.69) is 20.1 Å². The molecule has 8 nitrogen and oxygen atoms in total. The highest BCUT2D eigenvalue weighted by atomic mass is 16.5. The summed E-state index contributed by atoms with van der Waals surface area (Å²) in [5, 5.41) is 3.95. The molecule has 1 saturated heterocycles. The van der Waals surface area contributed by atoms with Crippen LogP contribution in [0.5, 0.6) is 0 Å². The molecule has 0 bridgehead atoms. The molecular formula is C16H18N6O2. The van der Waals surface area contributed by atoms with Crippen molar-refractivity contribution in [1.82, 2.24) is 25.0 Å². The fraction of sp³-hybridized carbons (Fsp3) is 0.375. The van der Waals surface area contributed by atoms with E-state index in [-0.39, 0.29) is 11.9 Å². The van der Waals surface area contributed by atoms with Gasteiger partial charge in [0.15, 0.2) is 0 Å². The van der Waals surface area contributed by atoms with E-state index in [1.807, 2.05) is 31.1 Å². The van der Waals surface area contributed by atoms with Gasteiger partial charge in [0.05, 0.1) is 17.4 Å². The van der Waals surface area contributed by atoms with Crippen molar-refractivity contribution in [3.05, 3.63) is 36.0 Å². The number of likely N-dealkylation sites (tertiary alicyclic amines) is 1. The molecule has 1 unspecified atom stereocenters. The quantitative estimate of drug-likeness (QED) is 0.791. The minimum Gasteiger partial charge on any atom is -0.345 e. The Morgan fingerprint density at radius 2 is 2.29 bits per heavy atom. The highest BCUT2D eigenvalue weighted by molar-refractivity contribution is 5.97. The summed E-state index contributed by atoms with van der Waals surface area (Å²) in [6.45, 7) is 0.685. The molecule has 1 aliphatic heterocycles. The van der Waals surface area contributed by atoms with Crippen LogP contribution < -0.4 is 4.90 Å². The maximum atomic E-state index is 12.9. The number of nitrogens with one attached hydrogen (secondary N) is 1. The van der Waals surface area contributed by atoms with Crippen molar-refractivity contribution in [3.63, 3.8) is 0 Å². The number of aromatic amines is 1. The van der Waals surface area contributed by atoms with E-state index in [0.29, 0.717) is 23.9 Å². The van der Waals surface area contributed by atoms with Crippen LogP contribution in [0, 0.1) is 0 Å². The van der Waals surface area contributed by atoms with Crippen molar-refractivity contribution in [2.75, 3.05) is 25.5 Å². The molecular weight excluding hydrogens is 308 g/mol. The normalized spacial score (nSPS) is 17.6. The number of fused-ring (bicyclic) bond motifs is 1. The third-order valence-electron chi connectivity index (χ3n) is 4.30. The maximum Gasteiger partial charge on any atom is 0.265 e. The van der Waals surface area contributed by atoms with Crippen LogP contribution >= 0.6 is 0 Å². The van der Waals surface area contributed by atoms with Gasteiger partial charge in [-0.05, 0) is 36.2 Å². The average molecular weight is 326 g/mol. The first-order valence-electron chi connectivity index (χ1n) is 7.88. The van der Waals surface area contributed by atoms with Gasteiger partial charge in [-0.2, -0.15) is 4.98 Å². The van der Waals surface area contributed by atoms with Crippen molar-refractivity contribution in [2.24, 2.45) is 0 Å². The topological polar surface area (TPSA) is 91.2 Å². The van der Waals surface area contributed by atoms with Crippen LogP contribution in [0.2, 0.25) is 0 Å². The van der Waals surface area contributed by atoms with Crippen molar-refractivity contribution in [3.8, 4) is 0 Å². The molecule has 0 aliphatic carbocycles. The predicted octanol–water partition coefficient (Wildman–Crippen LogP) is 1.99. The van der Waals surface area contributed by atoms with E-state index < -0.39 is 0 Å². The Morgan fingerprint density at radius 1 is 1.42 bits per heavy atom. The first kappa shape index (κ1) is 14.7. The van der Waals surface area contributed by atoms with Gasteiger partial charge in [0.25, 0.3) is 17.7 Å². The molecule has 4 rings (SSSR count). The number of carbonyl (C=O) groups excluding carboxylic acids is 1. The first-order valence-corrected chi connectivity index (χ1v) is 7.88. The van der Waals surface area contributed by atoms with Crippen molar-refractivity contribution < 1.29 is 9.32 Å². The van der Waals surface area contributed by atoms with Crippen LogP contribution in [0.3, 0.4) is 0 Å². The SMILES string of the molecule is CN(C)c1noc(C2CCCN2C(=O)c2ccc3nc[nH]c3c2)n1. The van der Waals surface area contributed by atoms with Gasteiger partial charge in [-0.15, -0.1) is 0 Å². The Morgan fingerprint density at radius 3 is 3.08 bits per heavy atom. The molecule has 1 N–H and O–H groups in total. The summed E-state index contributed by atoms with van der Waals surface area (Å²) in [5.41, 5.74) is 2.33. The number of nitrogens with zero attached hydrogens (tertiary/aromatic N) is 5. The van der Waals surface area contributed by atoms with Gasteiger partial charge in [0, 0.05) is 26.2 Å². The third kappa shape index (κ3) is 2.40. The number of hydrogen-bond acceptors (Lipinski definition) is 6. The monoisotopic (exact) mass is 326 g/mol. The average Bonchev–Trinajstić information content (AvgIpc) is 3.31. The standard InChI is InChI=1S/C16H18N6O2/c1-21(2)16-19-14(24-20-16)13-4-3-7-22(13)15(23)10-5-6-11-12(8-10)18-9-17-11/h5-6,8-9,13H,3-4,7H2,1-2H3,(H,17,18). The second-order valence-electron chi connectivity index (χ2n) is 6.12. The molecule has 0 spiro atoms. The molecule has 3 heterocycles. The largest absolute Gasteiger partial charge is 0.345 e. The van der Waals surface area contributed by atoms with Crippen molar-refractivity contribution >= 4 is 22.9 Å². The zero-order chi connectivity index (χ0) is 16.7. The van der Waals surface area contributed by atoms with Crippen LogP contribution in [0.25, 0.3) is 11.0 Å². The lowest BCUT2D eigenvalue weighted by atomic mass is 10.1. The molecule has 1 fully saturated rings. The molecule has 1 aromatic carbocycles. The molecule has 2 aromatic heterocycles. The number of benzene rings is 1. The van der Waals surface area contributed by atoms with Gasteiger partial charge in [-0.1, -0.05) is 0 Å². The zero-order valence-corrected chi connectivity index (χ0v) is 13.6. The van der Waals surface area contributed by atoms with E-state index >= 15 is 0 Å². The summed E-state index contributed by atoms with van der Waals surface area (Å²) in [6, 6.07) is 5.32. The number of anilines is 1. The van der Waals surface area contributed by atoms with Gasteiger partial charge >= 0.3 is 0 Å². The predicted molar refractivity (Wildman–Crippen MR) is 87.7 cm³/mol. The second-order valence-corrected chi connectivity index (χ2v) is 6.12. The number of hydrogen-bond donors (Lipinski definition) is 1. The van der Waals surface area contributed by atoms with E-state index in [1.54, 1.807) is 17.3 Å². The molecule has 8 heteroatoms. The maximum absolute atomic E-state index is 12.9. The fourth-order valence-corrected chi connectivity index (χ4v) is 3.04. The molecule has 0 radical (unpaired) electrons. The van der Waals surface area contributed by atoms with E-state index in [0.717, 1.165) is 23.9 Å². The molecule has 1 amide bonds. The van der Waals surface area contributed by atoms with E-state index in [4.69, 9.17) is 4.52 Å². The lowest BCUT2D eigenvalue weighted by Crippen LogP contribution is -2.30. The van der Waals surface area contributed by atoms with Crippen LogP contribution in [-0.2, 0) is 0 Å². The summed E-state index contributed by atoms with van der Waals surface area (Å²) < 4.78 is 5.37. The zero-order valence-electron chi connectivity index (χ0n) is 13.6. The molecule has 3 aromatic rings. The van der Waals surface area contributed by atoms with Crippen molar-refractivity contribution in [2.45, 2.75) is 18.9 Å². The number of aromatic nitrogens is 4. The lowest BCUT2D eigenvalue weighted by Gasteiger charge is -2.21. The van der Waals surface area contributed by atoms with Gasteiger partial charge in [0.1, 0.15) is 6.04 Å². The summed E-state index contributed by atoms with van der Waals surface area (Å²) in [4.78, 5) is 28.1. The van der Waals surface area contributed by atoms with Crippen LogP contribution in [0.4, 0.5) is 5.95 Å². The number of carbonyl (C=O) groups is 1. The van der Waals surface area contributed by atoms with Gasteiger partial charge < -0.3 is 19.3 Å². The van der Waals surface area contributed by atoms with Crippen LogP contribution in [0.1, 0.15) is 35.1 Å². The summed E-state index contributed by atoms with van der Waals surface area (Å²) in [5.74, 6) is 0.981. The van der Waals surface area contributed by atoms with Crippen LogP contribution in [-0.4, -0.2) is 51.6 Å². The minimum absolute atomic E-state index is 0.0291. The number of rotatable bonds is 3. The Balaban J connectivity index is 1.62. The van der Waals surface area contributed by atoms with Crippen molar-refractivity contribution in [1.29, 1.82) is 0 Å². The molecule has 1 aliphatic rings. The summed E-state index contributed by atoms with van der Waals surface area (Å²) >= 11 is 0.